The molecule has 0 aliphatic heterocycles. The Morgan fingerprint density at radius 2 is 1.07 bits per heavy atom. The lowest BCUT2D eigenvalue weighted by atomic mass is 9.85. The predicted octanol–water partition coefficient (Wildman–Crippen LogP) is 12.4. The number of rotatable bonds is 3. The van der Waals surface area contributed by atoms with Crippen molar-refractivity contribution in [2.45, 2.75) is 6.92 Å². The smallest absolute Gasteiger partial charge is 0.138 e. The van der Waals surface area contributed by atoms with Crippen molar-refractivity contribution in [3.63, 3.8) is 0 Å². The van der Waals surface area contributed by atoms with Gasteiger partial charge in [0.05, 0.1) is 1.37 Å². The third-order valence-corrected chi connectivity index (χ3v) is 9.11. The molecule has 1 heteroatoms. The Labute approximate surface area is 257 Å². The van der Waals surface area contributed by atoms with Crippen LogP contribution in [0.25, 0.3) is 87.6 Å². The van der Waals surface area contributed by atoms with Gasteiger partial charge in [0.1, 0.15) is 11.2 Å². The summed E-state index contributed by atoms with van der Waals surface area (Å²) in [6.45, 7) is 2.11. The Morgan fingerprint density at radius 3 is 1.77 bits per heavy atom. The van der Waals surface area contributed by atoms with Gasteiger partial charge in [-0.05, 0) is 90.3 Å². The Kier molecular flexibility index (Phi) is 5.25. The van der Waals surface area contributed by atoms with Gasteiger partial charge >= 0.3 is 0 Å². The van der Waals surface area contributed by atoms with Crippen LogP contribution < -0.4 is 0 Å². The molecular formula is C43H28O. The van der Waals surface area contributed by atoms with E-state index in [0.717, 1.165) is 32.9 Å². The number of aryl methyl sites for hydroxylation is 1. The number of benzene rings is 8. The van der Waals surface area contributed by atoms with Crippen LogP contribution in [0.5, 0.6) is 0 Å². The summed E-state index contributed by atoms with van der Waals surface area (Å²) in [7, 11) is 0. The van der Waals surface area contributed by atoms with E-state index >= 15 is 0 Å². The van der Waals surface area contributed by atoms with Gasteiger partial charge in [-0.2, -0.15) is 0 Å². The second kappa shape index (κ2) is 9.69. The quantitative estimate of drug-likeness (QED) is 0.196. The standard InChI is InChI=1S/C43H28O/c1-27-18-25-33(42-38-16-8-9-17-39(38)44-43(27)42)29-20-22-30(23-21-29)40-34-12-4-6-14-36(34)41(37-15-7-5-13-35(37)40)32-24-19-28-10-2-3-11-31(28)26-32/h2-26H,1H3/i2D. The highest BCUT2D eigenvalue weighted by Gasteiger charge is 2.18. The maximum atomic E-state index is 8.04. The molecule has 0 aliphatic rings. The SMILES string of the molecule is [2H]c1ccc2cc(-c3c4ccccc4c(-c4ccc(-c5ccc(C)c6oc7ccccc7c56)cc4)c4ccccc34)ccc2c1. The highest BCUT2D eigenvalue weighted by molar-refractivity contribution is 6.22. The first-order chi connectivity index (χ1) is 22.1. The van der Waals surface area contributed by atoms with E-state index in [1.165, 1.54) is 60.3 Å². The largest absolute Gasteiger partial charge is 0.456 e. The summed E-state index contributed by atoms with van der Waals surface area (Å²) < 4.78 is 14.3. The number of hydrogen-bond acceptors (Lipinski definition) is 1. The van der Waals surface area contributed by atoms with Crippen molar-refractivity contribution in [1.29, 1.82) is 0 Å². The lowest BCUT2D eigenvalue weighted by Crippen LogP contribution is -1.91. The molecule has 0 saturated carbocycles. The number of para-hydroxylation sites is 1. The molecule has 1 aromatic heterocycles. The molecule has 0 bridgehead atoms. The zero-order valence-electron chi connectivity index (χ0n) is 25.3. The number of fused-ring (bicyclic) bond motifs is 6. The molecule has 0 amide bonds. The van der Waals surface area contributed by atoms with E-state index in [1.54, 1.807) is 0 Å². The molecule has 0 saturated heterocycles. The molecule has 0 atom stereocenters. The second-order valence-electron chi connectivity index (χ2n) is 11.6. The average molecular weight is 562 g/mol. The van der Waals surface area contributed by atoms with Gasteiger partial charge in [-0.1, -0.05) is 140 Å². The lowest BCUT2D eigenvalue weighted by molar-refractivity contribution is 0.666. The van der Waals surface area contributed by atoms with Gasteiger partial charge in [0, 0.05) is 10.8 Å². The zero-order chi connectivity index (χ0) is 30.1. The lowest BCUT2D eigenvalue weighted by Gasteiger charge is -2.18. The van der Waals surface area contributed by atoms with E-state index in [9.17, 15) is 0 Å². The van der Waals surface area contributed by atoms with Gasteiger partial charge < -0.3 is 4.42 Å². The van der Waals surface area contributed by atoms with E-state index in [1.807, 2.05) is 24.3 Å². The van der Waals surface area contributed by atoms with Crippen molar-refractivity contribution in [2.75, 3.05) is 0 Å². The molecule has 0 fully saturated rings. The molecule has 0 N–H and O–H groups in total. The van der Waals surface area contributed by atoms with Gasteiger partial charge in [-0.25, -0.2) is 0 Å². The van der Waals surface area contributed by atoms with Crippen molar-refractivity contribution in [3.05, 3.63) is 157 Å². The van der Waals surface area contributed by atoms with Crippen LogP contribution in [0.1, 0.15) is 6.93 Å². The fraction of sp³-hybridized carbons (Fsp3) is 0.0233. The molecule has 8 aromatic carbocycles. The molecule has 206 valence electrons. The average Bonchev–Trinajstić information content (AvgIpc) is 3.48. The van der Waals surface area contributed by atoms with Crippen LogP contribution in [0.4, 0.5) is 0 Å². The van der Waals surface area contributed by atoms with E-state index < -0.39 is 0 Å². The molecule has 0 unspecified atom stereocenters. The molecule has 9 aromatic rings. The molecule has 1 nitrogen and oxygen atoms in total. The molecule has 44 heavy (non-hydrogen) atoms. The Balaban J connectivity index is 1.25. The Bertz CT molecular complexity index is 2550. The maximum absolute atomic E-state index is 8.04. The van der Waals surface area contributed by atoms with Crippen LogP contribution in [-0.2, 0) is 0 Å². The minimum absolute atomic E-state index is 0.534. The van der Waals surface area contributed by atoms with Crippen LogP contribution in [-0.4, -0.2) is 0 Å². The van der Waals surface area contributed by atoms with Crippen molar-refractivity contribution in [2.24, 2.45) is 0 Å². The first-order valence-electron chi connectivity index (χ1n) is 15.6. The first-order valence-corrected chi connectivity index (χ1v) is 15.1. The van der Waals surface area contributed by atoms with Gasteiger partial charge in [-0.3, -0.25) is 0 Å². The minimum Gasteiger partial charge on any atom is -0.456 e. The zero-order valence-corrected chi connectivity index (χ0v) is 24.3. The number of furan rings is 1. The summed E-state index contributed by atoms with van der Waals surface area (Å²) in [4.78, 5) is 0. The van der Waals surface area contributed by atoms with Gasteiger partial charge in [0.15, 0.2) is 0 Å². The second-order valence-corrected chi connectivity index (χ2v) is 11.6. The van der Waals surface area contributed by atoms with E-state index in [-0.39, 0.29) is 0 Å². The van der Waals surface area contributed by atoms with Crippen LogP contribution >= 0.6 is 0 Å². The van der Waals surface area contributed by atoms with E-state index in [2.05, 4.69) is 128 Å². The molecule has 9 rings (SSSR count). The van der Waals surface area contributed by atoms with E-state index in [4.69, 9.17) is 5.79 Å². The summed E-state index contributed by atoms with van der Waals surface area (Å²) >= 11 is 0. The number of hydrogen-bond donors (Lipinski definition) is 0. The third kappa shape index (κ3) is 3.73. The molecule has 1 heterocycles. The van der Waals surface area contributed by atoms with E-state index in [0.29, 0.717) is 6.04 Å². The molecule has 0 aliphatic carbocycles. The molecular weight excluding hydrogens is 532 g/mol. The van der Waals surface area contributed by atoms with Crippen molar-refractivity contribution in [1.82, 2.24) is 0 Å². The van der Waals surface area contributed by atoms with Gasteiger partial charge in [0.25, 0.3) is 0 Å². The Hall–Kier alpha value is -5.66. The highest BCUT2D eigenvalue weighted by Crippen LogP contribution is 2.45. The third-order valence-electron chi connectivity index (χ3n) is 9.11. The van der Waals surface area contributed by atoms with Crippen LogP contribution in [0.2, 0.25) is 0 Å². The summed E-state index contributed by atoms with van der Waals surface area (Å²) in [5.41, 5.74) is 10.3. The van der Waals surface area contributed by atoms with Crippen molar-refractivity contribution >= 4 is 54.3 Å². The molecule has 0 spiro atoms. The summed E-state index contributed by atoms with van der Waals surface area (Å²) in [5.74, 6) is 0. The van der Waals surface area contributed by atoms with Crippen LogP contribution in [0.15, 0.2) is 156 Å². The predicted molar refractivity (Wildman–Crippen MR) is 187 cm³/mol. The minimum atomic E-state index is 0.534. The monoisotopic (exact) mass is 561 g/mol. The first kappa shape index (κ1) is 23.9. The fourth-order valence-electron chi connectivity index (χ4n) is 7.05. The Morgan fingerprint density at radius 1 is 0.477 bits per heavy atom. The van der Waals surface area contributed by atoms with Crippen LogP contribution in [0, 0.1) is 6.92 Å². The van der Waals surface area contributed by atoms with Crippen molar-refractivity contribution < 1.29 is 5.79 Å². The summed E-state index contributed by atoms with van der Waals surface area (Å²) in [6.07, 6.45) is 0. The maximum Gasteiger partial charge on any atom is 0.138 e. The normalized spacial score (nSPS) is 12.1. The van der Waals surface area contributed by atoms with Crippen LogP contribution in [0.3, 0.4) is 0 Å². The van der Waals surface area contributed by atoms with Gasteiger partial charge in [0.2, 0.25) is 0 Å². The van der Waals surface area contributed by atoms with Gasteiger partial charge in [-0.15, -0.1) is 0 Å². The fourth-order valence-corrected chi connectivity index (χ4v) is 7.05. The van der Waals surface area contributed by atoms with Crippen molar-refractivity contribution in [3.8, 4) is 33.4 Å². The molecule has 0 radical (unpaired) electrons. The summed E-state index contributed by atoms with van der Waals surface area (Å²) in [6, 6.07) is 52.3. The topological polar surface area (TPSA) is 13.1 Å². The highest BCUT2D eigenvalue weighted by atomic mass is 16.3. The summed E-state index contributed by atoms with van der Waals surface area (Å²) in [5, 5.41) is 9.49.